The summed E-state index contributed by atoms with van der Waals surface area (Å²) in [4.78, 5) is 0. The first-order valence-electron chi connectivity index (χ1n) is 7.64. The van der Waals surface area contributed by atoms with Crippen molar-refractivity contribution in [3.63, 3.8) is 0 Å². The third-order valence-corrected chi connectivity index (χ3v) is 3.18. The maximum atomic E-state index is 5.77. The number of hydrogen-bond acceptors (Lipinski definition) is 2. The Morgan fingerprint density at radius 3 is 2.24 bits per heavy atom. The van der Waals surface area contributed by atoms with E-state index in [1.165, 1.54) is 16.7 Å². The van der Waals surface area contributed by atoms with Gasteiger partial charge in [0.25, 0.3) is 0 Å². The molecule has 0 saturated heterocycles. The van der Waals surface area contributed by atoms with Crippen molar-refractivity contribution in [2.75, 3.05) is 0 Å². The summed E-state index contributed by atoms with van der Waals surface area (Å²) in [6.07, 6.45) is 0.196. The Kier molecular flexibility index (Phi) is 5.40. The summed E-state index contributed by atoms with van der Waals surface area (Å²) in [5.74, 6) is 0.924. The highest BCUT2D eigenvalue weighted by Gasteiger charge is 2.03. The van der Waals surface area contributed by atoms with Gasteiger partial charge in [-0.2, -0.15) is 0 Å². The van der Waals surface area contributed by atoms with Gasteiger partial charge in [0, 0.05) is 12.6 Å². The molecule has 2 nitrogen and oxygen atoms in total. The fourth-order valence-electron chi connectivity index (χ4n) is 2.20. The Bertz CT molecular complexity index is 575. The summed E-state index contributed by atoms with van der Waals surface area (Å²) in [5.41, 5.74) is 3.73. The first kappa shape index (κ1) is 15.6. The molecule has 0 heterocycles. The molecule has 2 aromatic carbocycles. The van der Waals surface area contributed by atoms with Crippen molar-refractivity contribution in [2.24, 2.45) is 0 Å². The van der Waals surface area contributed by atoms with E-state index in [1.807, 2.05) is 26.0 Å². The Morgan fingerprint density at radius 1 is 0.905 bits per heavy atom. The second-order valence-corrected chi connectivity index (χ2v) is 5.93. The van der Waals surface area contributed by atoms with Gasteiger partial charge < -0.3 is 10.1 Å². The first-order valence-corrected chi connectivity index (χ1v) is 7.64. The van der Waals surface area contributed by atoms with E-state index in [0.29, 0.717) is 6.04 Å². The van der Waals surface area contributed by atoms with Gasteiger partial charge in [-0.15, -0.1) is 0 Å². The second kappa shape index (κ2) is 7.28. The van der Waals surface area contributed by atoms with Gasteiger partial charge in [-0.3, -0.25) is 0 Å². The first-order chi connectivity index (χ1) is 10.0. The summed E-state index contributed by atoms with van der Waals surface area (Å²) in [6, 6.07) is 17.4. The van der Waals surface area contributed by atoms with Gasteiger partial charge in [0.2, 0.25) is 0 Å². The molecule has 1 N–H and O–H groups in total. The van der Waals surface area contributed by atoms with E-state index < -0.39 is 0 Å². The molecule has 0 unspecified atom stereocenters. The molecule has 2 rings (SSSR count). The van der Waals surface area contributed by atoms with E-state index in [2.05, 4.69) is 55.6 Å². The molecule has 0 radical (unpaired) electrons. The molecule has 0 aromatic heterocycles. The lowest BCUT2D eigenvalue weighted by molar-refractivity contribution is 0.242. The molecule has 2 aromatic rings. The van der Waals surface area contributed by atoms with Gasteiger partial charge in [0.05, 0.1) is 6.10 Å². The summed E-state index contributed by atoms with van der Waals surface area (Å²) >= 11 is 0. The Morgan fingerprint density at radius 2 is 1.57 bits per heavy atom. The zero-order chi connectivity index (χ0) is 15.2. The van der Waals surface area contributed by atoms with Crippen molar-refractivity contribution in [1.29, 1.82) is 0 Å². The predicted octanol–water partition coefficient (Wildman–Crippen LogP) is 4.64. The number of rotatable bonds is 6. The third-order valence-electron chi connectivity index (χ3n) is 3.18. The highest BCUT2D eigenvalue weighted by molar-refractivity contribution is 5.65. The molecule has 2 heteroatoms. The monoisotopic (exact) mass is 283 g/mol. The quantitative estimate of drug-likeness (QED) is 0.834. The van der Waals surface area contributed by atoms with Gasteiger partial charge in [-0.05, 0) is 48.7 Å². The van der Waals surface area contributed by atoms with Gasteiger partial charge in [0.15, 0.2) is 0 Å². The molecule has 0 aliphatic heterocycles. The lowest BCUT2D eigenvalue weighted by Gasteiger charge is -2.12. The van der Waals surface area contributed by atoms with Crippen LogP contribution < -0.4 is 10.1 Å². The van der Waals surface area contributed by atoms with Crippen molar-refractivity contribution in [2.45, 2.75) is 46.4 Å². The number of benzene rings is 2. The average molecular weight is 283 g/mol. The van der Waals surface area contributed by atoms with Gasteiger partial charge in [-0.25, -0.2) is 0 Å². The normalized spacial score (nSPS) is 11.1. The third kappa shape index (κ3) is 4.91. The predicted molar refractivity (Wildman–Crippen MR) is 89.6 cm³/mol. The molecular formula is C19H25NO. The summed E-state index contributed by atoms with van der Waals surface area (Å²) in [7, 11) is 0. The molecule has 0 aliphatic carbocycles. The molecule has 0 bridgehead atoms. The Hall–Kier alpha value is -1.80. The van der Waals surface area contributed by atoms with Gasteiger partial charge >= 0.3 is 0 Å². The van der Waals surface area contributed by atoms with Crippen LogP contribution in [0.1, 0.15) is 33.3 Å². The van der Waals surface area contributed by atoms with Crippen LogP contribution in [0.2, 0.25) is 0 Å². The van der Waals surface area contributed by atoms with E-state index in [4.69, 9.17) is 4.74 Å². The van der Waals surface area contributed by atoms with Crippen LogP contribution in [0.25, 0.3) is 11.1 Å². The molecule has 0 aliphatic rings. The largest absolute Gasteiger partial charge is 0.491 e. The molecule has 0 saturated carbocycles. The second-order valence-electron chi connectivity index (χ2n) is 5.93. The van der Waals surface area contributed by atoms with Crippen LogP contribution in [0, 0.1) is 0 Å². The van der Waals surface area contributed by atoms with Crippen LogP contribution in [-0.2, 0) is 6.54 Å². The fraction of sp³-hybridized carbons (Fsp3) is 0.368. The highest BCUT2D eigenvalue weighted by atomic mass is 16.5. The van der Waals surface area contributed by atoms with Crippen molar-refractivity contribution in [3.05, 3.63) is 54.1 Å². The molecule has 0 atom stereocenters. The number of hydrogen-bond donors (Lipinski definition) is 1. The molecule has 0 fully saturated rings. The molecule has 21 heavy (non-hydrogen) atoms. The number of nitrogens with one attached hydrogen (secondary N) is 1. The van der Waals surface area contributed by atoms with Crippen LogP contribution in [-0.4, -0.2) is 12.1 Å². The van der Waals surface area contributed by atoms with Crippen molar-refractivity contribution in [3.8, 4) is 16.9 Å². The van der Waals surface area contributed by atoms with Crippen LogP contribution in [0.4, 0.5) is 0 Å². The van der Waals surface area contributed by atoms with E-state index in [-0.39, 0.29) is 6.10 Å². The van der Waals surface area contributed by atoms with E-state index in [0.717, 1.165) is 12.3 Å². The Labute approximate surface area is 128 Å². The molecule has 112 valence electrons. The standard InChI is InChI=1S/C19H25NO/c1-14(2)20-13-16-7-5-8-17(11-16)18-9-6-10-19(12-18)21-15(3)4/h5-12,14-15,20H,13H2,1-4H3. The summed E-state index contributed by atoms with van der Waals surface area (Å²) in [5, 5.41) is 3.45. The summed E-state index contributed by atoms with van der Waals surface area (Å²) < 4.78 is 5.77. The summed E-state index contributed by atoms with van der Waals surface area (Å²) in [6.45, 7) is 9.32. The fourth-order valence-corrected chi connectivity index (χ4v) is 2.20. The van der Waals surface area contributed by atoms with Crippen LogP contribution in [0.5, 0.6) is 5.75 Å². The van der Waals surface area contributed by atoms with E-state index >= 15 is 0 Å². The smallest absolute Gasteiger partial charge is 0.120 e. The zero-order valence-electron chi connectivity index (χ0n) is 13.4. The minimum absolute atomic E-state index is 0.196. The van der Waals surface area contributed by atoms with Gasteiger partial charge in [0.1, 0.15) is 5.75 Å². The van der Waals surface area contributed by atoms with Crippen molar-refractivity contribution < 1.29 is 4.74 Å². The molecular weight excluding hydrogens is 258 g/mol. The number of ether oxygens (including phenoxy) is 1. The maximum absolute atomic E-state index is 5.77. The topological polar surface area (TPSA) is 21.3 Å². The average Bonchev–Trinajstić information content (AvgIpc) is 2.45. The van der Waals surface area contributed by atoms with Gasteiger partial charge in [-0.1, -0.05) is 44.2 Å². The lowest BCUT2D eigenvalue weighted by Crippen LogP contribution is -2.21. The minimum atomic E-state index is 0.196. The minimum Gasteiger partial charge on any atom is -0.491 e. The van der Waals surface area contributed by atoms with Crippen molar-refractivity contribution in [1.82, 2.24) is 5.32 Å². The van der Waals surface area contributed by atoms with Crippen LogP contribution in [0.15, 0.2) is 48.5 Å². The Balaban J connectivity index is 2.19. The van der Waals surface area contributed by atoms with E-state index in [9.17, 15) is 0 Å². The van der Waals surface area contributed by atoms with E-state index in [1.54, 1.807) is 0 Å². The molecule has 0 amide bonds. The highest BCUT2D eigenvalue weighted by Crippen LogP contribution is 2.25. The SMILES string of the molecule is CC(C)NCc1cccc(-c2cccc(OC(C)C)c2)c1. The zero-order valence-corrected chi connectivity index (χ0v) is 13.4. The molecule has 0 spiro atoms. The van der Waals surface area contributed by atoms with Crippen molar-refractivity contribution >= 4 is 0 Å². The lowest BCUT2D eigenvalue weighted by atomic mass is 10.0. The van der Waals surface area contributed by atoms with Crippen LogP contribution >= 0.6 is 0 Å². The maximum Gasteiger partial charge on any atom is 0.120 e. The van der Waals surface area contributed by atoms with Crippen LogP contribution in [0.3, 0.4) is 0 Å².